The Balaban J connectivity index is 1.53. The Bertz CT molecular complexity index is 715. The van der Waals surface area contributed by atoms with E-state index in [1.807, 2.05) is 6.07 Å². The number of hydrogen-bond donors (Lipinski definition) is 2. The van der Waals surface area contributed by atoms with Crippen LogP contribution in [0.3, 0.4) is 0 Å². The van der Waals surface area contributed by atoms with E-state index in [4.69, 9.17) is 15.2 Å². The minimum absolute atomic E-state index is 0.213. The second-order valence-corrected chi connectivity index (χ2v) is 5.78. The van der Waals surface area contributed by atoms with Gasteiger partial charge in [0, 0.05) is 25.4 Å². The number of benzene rings is 1. The van der Waals surface area contributed by atoms with E-state index >= 15 is 0 Å². The zero-order chi connectivity index (χ0) is 17.5. The van der Waals surface area contributed by atoms with Gasteiger partial charge in [0.15, 0.2) is 5.96 Å². The van der Waals surface area contributed by atoms with Crippen LogP contribution < -0.4 is 15.8 Å². The number of hydrogen-bond acceptors (Lipinski definition) is 4. The molecule has 1 atom stereocenters. The standard InChI is InChI=1S/C18H21FN4O2/c19-14-3-5-15(6-4-14)25-17-10-13(7-8-21-17)11-22-18(20)23-12-16-2-1-9-24-16/h3-8,10,16H,1-2,9,11-12H2,(H3,20,22,23). The second-order valence-electron chi connectivity index (χ2n) is 5.78. The maximum absolute atomic E-state index is 12.9. The number of nitrogens with zero attached hydrogens (tertiary/aromatic N) is 2. The Kier molecular flexibility index (Phi) is 5.79. The molecule has 2 heterocycles. The van der Waals surface area contributed by atoms with Crippen LogP contribution in [0.2, 0.25) is 0 Å². The molecule has 1 aromatic carbocycles. The van der Waals surface area contributed by atoms with Crippen molar-refractivity contribution in [2.45, 2.75) is 25.5 Å². The Labute approximate surface area is 145 Å². The number of nitrogens with one attached hydrogen (secondary N) is 1. The van der Waals surface area contributed by atoms with E-state index in [0.717, 1.165) is 25.0 Å². The predicted octanol–water partition coefficient (Wildman–Crippen LogP) is 2.60. The van der Waals surface area contributed by atoms with Gasteiger partial charge in [0.05, 0.1) is 12.6 Å². The quantitative estimate of drug-likeness (QED) is 0.622. The summed E-state index contributed by atoms with van der Waals surface area (Å²) in [5, 5.41) is 3.07. The molecule has 6 nitrogen and oxygen atoms in total. The van der Waals surface area contributed by atoms with Crippen LogP contribution in [0.25, 0.3) is 0 Å². The van der Waals surface area contributed by atoms with E-state index in [-0.39, 0.29) is 11.9 Å². The van der Waals surface area contributed by atoms with Gasteiger partial charge in [-0.2, -0.15) is 0 Å². The molecule has 2 aromatic rings. The smallest absolute Gasteiger partial charge is 0.219 e. The van der Waals surface area contributed by atoms with Gasteiger partial charge < -0.3 is 20.5 Å². The summed E-state index contributed by atoms with van der Waals surface area (Å²) in [4.78, 5) is 8.45. The molecule has 1 aromatic heterocycles. The first kappa shape index (κ1) is 17.2. The van der Waals surface area contributed by atoms with Crippen molar-refractivity contribution in [3.05, 3.63) is 54.0 Å². The molecule has 132 valence electrons. The van der Waals surface area contributed by atoms with Gasteiger partial charge in [0.1, 0.15) is 11.6 Å². The predicted molar refractivity (Wildman–Crippen MR) is 93.0 cm³/mol. The summed E-state index contributed by atoms with van der Waals surface area (Å²) in [6, 6.07) is 9.39. The van der Waals surface area contributed by atoms with Crippen LogP contribution in [0.4, 0.5) is 4.39 Å². The fourth-order valence-electron chi connectivity index (χ4n) is 2.48. The van der Waals surface area contributed by atoms with Gasteiger partial charge >= 0.3 is 0 Å². The van der Waals surface area contributed by atoms with Gasteiger partial charge in [-0.1, -0.05) is 0 Å². The van der Waals surface area contributed by atoms with Crippen LogP contribution in [0.1, 0.15) is 18.4 Å². The summed E-state index contributed by atoms with van der Waals surface area (Å²) in [5.74, 6) is 1.01. The number of halogens is 1. The van der Waals surface area contributed by atoms with Crippen molar-refractivity contribution in [3.63, 3.8) is 0 Å². The van der Waals surface area contributed by atoms with Crippen LogP contribution in [0, 0.1) is 5.82 Å². The Morgan fingerprint density at radius 1 is 1.36 bits per heavy atom. The zero-order valence-electron chi connectivity index (χ0n) is 13.8. The minimum Gasteiger partial charge on any atom is -0.439 e. The lowest BCUT2D eigenvalue weighted by atomic mass is 10.2. The number of aromatic nitrogens is 1. The molecule has 0 radical (unpaired) electrons. The van der Waals surface area contributed by atoms with Crippen molar-refractivity contribution in [1.82, 2.24) is 10.3 Å². The number of ether oxygens (including phenoxy) is 2. The van der Waals surface area contributed by atoms with E-state index < -0.39 is 0 Å². The third-order valence-corrected chi connectivity index (χ3v) is 3.80. The Morgan fingerprint density at radius 3 is 2.96 bits per heavy atom. The molecule has 7 heteroatoms. The lowest BCUT2D eigenvalue weighted by molar-refractivity contribution is 0.114. The highest BCUT2D eigenvalue weighted by molar-refractivity contribution is 5.77. The first-order valence-electron chi connectivity index (χ1n) is 8.23. The van der Waals surface area contributed by atoms with Crippen LogP contribution in [-0.2, 0) is 11.3 Å². The summed E-state index contributed by atoms with van der Waals surface area (Å²) >= 11 is 0. The minimum atomic E-state index is -0.311. The van der Waals surface area contributed by atoms with Crippen LogP contribution in [0.5, 0.6) is 11.6 Å². The average molecular weight is 344 g/mol. The van der Waals surface area contributed by atoms with E-state index in [2.05, 4.69) is 15.3 Å². The molecule has 3 rings (SSSR count). The van der Waals surface area contributed by atoms with Gasteiger partial charge in [-0.05, 0) is 48.7 Å². The Hall–Kier alpha value is -2.67. The molecular weight excluding hydrogens is 323 g/mol. The van der Waals surface area contributed by atoms with Crippen molar-refractivity contribution < 1.29 is 13.9 Å². The fraction of sp³-hybridized carbons (Fsp3) is 0.333. The average Bonchev–Trinajstić information content (AvgIpc) is 3.14. The van der Waals surface area contributed by atoms with Crippen molar-refractivity contribution in [1.29, 1.82) is 0 Å². The van der Waals surface area contributed by atoms with E-state index in [1.54, 1.807) is 24.4 Å². The SMILES string of the molecule is NC(=NCc1ccnc(Oc2ccc(F)cc2)c1)NCC1CCCO1. The highest BCUT2D eigenvalue weighted by atomic mass is 19.1. The van der Waals surface area contributed by atoms with Gasteiger partial charge in [-0.15, -0.1) is 0 Å². The molecule has 1 aliphatic heterocycles. The number of nitrogens with two attached hydrogens (primary N) is 1. The number of guanidine groups is 1. The van der Waals surface area contributed by atoms with Gasteiger partial charge in [-0.3, -0.25) is 0 Å². The molecule has 1 aliphatic rings. The van der Waals surface area contributed by atoms with Crippen LogP contribution in [0.15, 0.2) is 47.6 Å². The molecule has 0 amide bonds. The zero-order valence-corrected chi connectivity index (χ0v) is 13.8. The summed E-state index contributed by atoms with van der Waals surface area (Å²) < 4.78 is 24.0. The molecule has 1 saturated heterocycles. The number of rotatable bonds is 6. The Morgan fingerprint density at radius 2 is 2.20 bits per heavy atom. The van der Waals surface area contributed by atoms with Crippen molar-refractivity contribution in [3.8, 4) is 11.6 Å². The van der Waals surface area contributed by atoms with Crippen LogP contribution in [-0.4, -0.2) is 30.2 Å². The largest absolute Gasteiger partial charge is 0.439 e. The van der Waals surface area contributed by atoms with Gasteiger partial charge in [0.2, 0.25) is 5.88 Å². The lowest BCUT2D eigenvalue weighted by Gasteiger charge is -2.11. The number of pyridine rings is 1. The monoisotopic (exact) mass is 344 g/mol. The molecule has 1 fully saturated rings. The maximum Gasteiger partial charge on any atom is 0.219 e. The molecule has 25 heavy (non-hydrogen) atoms. The number of aliphatic imine (C=N–C) groups is 1. The highest BCUT2D eigenvalue weighted by Crippen LogP contribution is 2.20. The van der Waals surface area contributed by atoms with E-state index in [9.17, 15) is 4.39 Å². The first-order valence-corrected chi connectivity index (χ1v) is 8.23. The maximum atomic E-state index is 12.9. The van der Waals surface area contributed by atoms with Crippen molar-refractivity contribution >= 4 is 5.96 Å². The molecule has 0 bridgehead atoms. The van der Waals surface area contributed by atoms with Crippen molar-refractivity contribution in [2.75, 3.05) is 13.2 Å². The fourth-order valence-corrected chi connectivity index (χ4v) is 2.48. The van der Waals surface area contributed by atoms with Crippen molar-refractivity contribution in [2.24, 2.45) is 10.7 Å². The second kappa shape index (κ2) is 8.43. The molecule has 0 saturated carbocycles. The lowest BCUT2D eigenvalue weighted by Crippen LogP contribution is -2.37. The summed E-state index contributed by atoms with van der Waals surface area (Å²) in [6.07, 6.45) is 4.00. The molecule has 0 spiro atoms. The summed E-state index contributed by atoms with van der Waals surface area (Å²) in [7, 11) is 0. The normalized spacial score (nSPS) is 17.5. The first-order chi connectivity index (χ1) is 12.2. The third kappa shape index (κ3) is 5.42. The molecule has 1 unspecified atom stereocenters. The third-order valence-electron chi connectivity index (χ3n) is 3.80. The van der Waals surface area contributed by atoms with Gasteiger partial charge in [-0.25, -0.2) is 14.4 Å². The molecular formula is C18H21FN4O2. The molecule has 3 N–H and O–H groups in total. The topological polar surface area (TPSA) is 81.8 Å². The van der Waals surface area contributed by atoms with Gasteiger partial charge in [0.25, 0.3) is 0 Å². The summed E-state index contributed by atoms with van der Waals surface area (Å²) in [6.45, 7) is 1.90. The van der Waals surface area contributed by atoms with E-state index in [1.165, 1.54) is 12.1 Å². The molecule has 0 aliphatic carbocycles. The van der Waals surface area contributed by atoms with E-state index in [0.29, 0.717) is 30.7 Å². The highest BCUT2D eigenvalue weighted by Gasteiger charge is 2.14. The van der Waals surface area contributed by atoms with Crippen LogP contribution >= 0.6 is 0 Å². The summed E-state index contributed by atoms with van der Waals surface area (Å²) in [5.41, 5.74) is 6.79.